The largest absolute Gasteiger partial charge is 0.378 e. The van der Waals surface area contributed by atoms with Crippen LogP contribution in [0.25, 0.3) is 16.8 Å². The van der Waals surface area contributed by atoms with Gasteiger partial charge in [0.2, 0.25) is 0 Å². The van der Waals surface area contributed by atoms with Crippen LogP contribution in [0.3, 0.4) is 0 Å². The zero-order valence-electron chi connectivity index (χ0n) is 20.4. The molecule has 35 heavy (non-hydrogen) atoms. The van der Waals surface area contributed by atoms with Crippen LogP contribution in [0.5, 0.6) is 0 Å². The van der Waals surface area contributed by atoms with E-state index in [1.54, 1.807) is 6.20 Å². The van der Waals surface area contributed by atoms with Crippen LogP contribution < -0.4 is 10.2 Å². The van der Waals surface area contributed by atoms with Crippen molar-refractivity contribution >= 4 is 45.5 Å². The lowest BCUT2D eigenvalue weighted by Crippen LogP contribution is -2.36. The number of aromatic nitrogens is 4. The van der Waals surface area contributed by atoms with Gasteiger partial charge in [-0.05, 0) is 79.6 Å². The second kappa shape index (κ2) is 9.27. The minimum Gasteiger partial charge on any atom is -0.378 e. The third-order valence-corrected chi connectivity index (χ3v) is 7.25. The van der Waals surface area contributed by atoms with E-state index in [2.05, 4.69) is 87.2 Å². The molecule has 0 radical (unpaired) electrons. The fourth-order valence-electron chi connectivity index (χ4n) is 4.36. The van der Waals surface area contributed by atoms with E-state index in [0.717, 1.165) is 50.5 Å². The summed E-state index contributed by atoms with van der Waals surface area (Å²) in [5.41, 5.74) is 6.40. The zero-order chi connectivity index (χ0) is 24.7. The van der Waals surface area contributed by atoms with Gasteiger partial charge in [0.05, 0.1) is 36.2 Å². The highest BCUT2D eigenvalue weighted by Gasteiger charge is 2.23. The number of rotatable bonds is 4. The Morgan fingerprint density at radius 3 is 2.66 bits per heavy atom. The van der Waals surface area contributed by atoms with Gasteiger partial charge in [0.25, 0.3) is 5.91 Å². The molecule has 1 saturated heterocycles. The monoisotopic (exact) mass is 584 g/mol. The predicted octanol–water partition coefficient (Wildman–Crippen LogP) is 4.95. The maximum absolute atomic E-state index is 13.1. The fraction of sp³-hybridized carbons (Fsp3) is 0.346. The molecule has 0 unspecified atom stereocenters. The van der Waals surface area contributed by atoms with E-state index in [-0.39, 0.29) is 11.4 Å². The summed E-state index contributed by atoms with van der Waals surface area (Å²) in [7, 11) is 0. The number of aryl methyl sites for hydroxylation is 1. The second-order valence-electron chi connectivity index (χ2n) is 9.79. The van der Waals surface area contributed by atoms with E-state index in [1.807, 2.05) is 35.3 Å². The molecule has 5 rings (SSSR count). The first-order chi connectivity index (χ1) is 16.7. The van der Waals surface area contributed by atoms with Gasteiger partial charge in [-0.3, -0.25) is 9.48 Å². The topological polar surface area (TPSA) is 76.7 Å². The van der Waals surface area contributed by atoms with Crippen LogP contribution in [0, 0.1) is 10.6 Å². The van der Waals surface area contributed by atoms with Crippen molar-refractivity contribution in [2.24, 2.45) is 0 Å². The van der Waals surface area contributed by atoms with Crippen molar-refractivity contribution in [1.29, 1.82) is 0 Å². The van der Waals surface area contributed by atoms with Crippen LogP contribution in [0.15, 0.2) is 49.1 Å². The molecule has 3 aromatic heterocycles. The van der Waals surface area contributed by atoms with Crippen LogP contribution in [0.4, 0.5) is 11.4 Å². The average Bonchev–Trinajstić information content (AvgIpc) is 3.46. The molecule has 0 bridgehead atoms. The summed E-state index contributed by atoms with van der Waals surface area (Å²) >= 11 is 2.19. The maximum Gasteiger partial charge on any atom is 0.259 e. The number of ether oxygens (including phenoxy) is 1. The lowest BCUT2D eigenvalue weighted by atomic mass is 10.0. The number of fused-ring (bicyclic) bond motifs is 1. The van der Waals surface area contributed by atoms with Crippen LogP contribution in [0.2, 0.25) is 0 Å². The first-order valence-corrected chi connectivity index (χ1v) is 12.8. The Kier molecular flexibility index (Phi) is 6.30. The summed E-state index contributed by atoms with van der Waals surface area (Å²) in [6, 6.07) is 8.21. The summed E-state index contributed by atoms with van der Waals surface area (Å²) in [6.45, 7) is 11.4. The standard InChI is InChI=1S/C26H29IN6O2/c1-17-5-6-19(30-25(34)21-15-29-33(23(21)27)26(2,3)4)14-20(17)18-13-22(31-9-11-35-12-10-31)24-28-7-8-32(24)16-18/h5-8,13-16H,9-12H2,1-4H3,(H,30,34). The number of carbonyl (C=O) groups is 1. The van der Waals surface area contributed by atoms with Gasteiger partial charge in [0, 0.05) is 42.9 Å². The molecule has 4 heterocycles. The maximum atomic E-state index is 13.1. The summed E-state index contributed by atoms with van der Waals surface area (Å²) in [5.74, 6) is -0.168. The third kappa shape index (κ3) is 4.66. The van der Waals surface area contributed by atoms with Crippen molar-refractivity contribution in [3.05, 3.63) is 63.9 Å². The average molecular weight is 584 g/mol. The van der Waals surface area contributed by atoms with Crippen LogP contribution >= 0.6 is 22.6 Å². The van der Waals surface area contributed by atoms with Gasteiger partial charge in [-0.2, -0.15) is 5.10 Å². The molecule has 0 atom stereocenters. The van der Waals surface area contributed by atoms with Gasteiger partial charge in [-0.25, -0.2) is 4.98 Å². The quantitative estimate of drug-likeness (QED) is 0.344. The molecule has 1 fully saturated rings. The Morgan fingerprint density at radius 1 is 1.17 bits per heavy atom. The normalized spacial score (nSPS) is 14.5. The van der Waals surface area contributed by atoms with E-state index in [4.69, 9.17) is 4.74 Å². The molecular weight excluding hydrogens is 555 g/mol. The van der Waals surface area contributed by atoms with Gasteiger partial charge in [-0.1, -0.05) is 6.07 Å². The molecule has 1 aliphatic heterocycles. The molecule has 4 aromatic rings. The van der Waals surface area contributed by atoms with Crippen molar-refractivity contribution in [3.8, 4) is 11.1 Å². The van der Waals surface area contributed by atoms with Crippen molar-refractivity contribution in [2.75, 3.05) is 36.5 Å². The minimum atomic E-state index is -0.198. The predicted molar refractivity (Wildman–Crippen MR) is 146 cm³/mol. The number of benzene rings is 1. The number of halogens is 1. The highest BCUT2D eigenvalue weighted by Crippen LogP contribution is 2.32. The van der Waals surface area contributed by atoms with Crippen LogP contribution in [-0.4, -0.2) is 51.4 Å². The van der Waals surface area contributed by atoms with E-state index < -0.39 is 0 Å². The SMILES string of the molecule is Cc1ccc(NC(=O)c2cnn(C(C)(C)C)c2I)cc1-c1cc(N2CCOCC2)c2nccn2c1. The molecule has 1 aliphatic rings. The lowest BCUT2D eigenvalue weighted by Gasteiger charge is -2.29. The van der Waals surface area contributed by atoms with Gasteiger partial charge in [0.1, 0.15) is 3.70 Å². The highest BCUT2D eigenvalue weighted by atomic mass is 127. The molecule has 0 spiro atoms. The first kappa shape index (κ1) is 23.8. The van der Waals surface area contributed by atoms with E-state index in [1.165, 1.54) is 0 Å². The number of imidazole rings is 1. The summed E-state index contributed by atoms with van der Waals surface area (Å²) < 4.78 is 10.3. The Bertz CT molecular complexity index is 1390. The zero-order valence-corrected chi connectivity index (χ0v) is 22.5. The Labute approximate surface area is 218 Å². The molecule has 1 N–H and O–H groups in total. The number of amides is 1. The number of nitrogens with one attached hydrogen (secondary N) is 1. The fourth-order valence-corrected chi connectivity index (χ4v) is 5.59. The van der Waals surface area contributed by atoms with Crippen molar-refractivity contribution in [1.82, 2.24) is 19.2 Å². The number of hydrogen-bond acceptors (Lipinski definition) is 5. The third-order valence-electron chi connectivity index (χ3n) is 6.22. The number of hydrogen-bond donors (Lipinski definition) is 1. The number of morpholine rings is 1. The number of anilines is 2. The Balaban J connectivity index is 1.48. The van der Waals surface area contributed by atoms with Crippen molar-refractivity contribution < 1.29 is 9.53 Å². The minimum absolute atomic E-state index is 0.168. The van der Waals surface area contributed by atoms with E-state index in [9.17, 15) is 4.79 Å². The summed E-state index contributed by atoms with van der Waals surface area (Å²) in [4.78, 5) is 20.0. The van der Waals surface area contributed by atoms with E-state index >= 15 is 0 Å². The molecule has 182 valence electrons. The van der Waals surface area contributed by atoms with E-state index in [0.29, 0.717) is 18.8 Å². The number of nitrogens with zero attached hydrogens (tertiary/aromatic N) is 5. The summed E-state index contributed by atoms with van der Waals surface area (Å²) in [5, 5.41) is 7.50. The Hall–Kier alpha value is -2.92. The molecular formula is C26H29IN6O2. The van der Waals surface area contributed by atoms with Crippen molar-refractivity contribution in [2.45, 2.75) is 33.2 Å². The van der Waals surface area contributed by atoms with Crippen molar-refractivity contribution in [3.63, 3.8) is 0 Å². The lowest BCUT2D eigenvalue weighted by molar-refractivity contribution is 0.102. The van der Waals surface area contributed by atoms with Gasteiger partial charge < -0.3 is 19.4 Å². The van der Waals surface area contributed by atoms with Crippen LogP contribution in [-0.2, 0) is 10.3 Å². The first-order valence-electron chi connectivity index (χ1n) is 11.7. The van der Waals surface area contributed by atoms with Gasteiger partial charge in [-0.15, -0.1) is 0 Å². The molecule has 1 aromatic carbocycles. The highest BCUT2D eigenvalue weighted by molar-refractivity contribution is 14.1. The summed E-state index contributed by atoms with van der Waals surface area (Å²) in [6.07, 6.45) is 7.53. The van der Waals surface area contributed by atoms with Gasteiger partial charge in [0.15, 0.2) is 5.65 Å². The molecule has 8 nitrogen and oxygen atoms in total. The molecule has 9 heteroatoms. The smallest absolute Gasteiger partial charge is 0.259 e. The Morgan fingerprint density at radius 2 is 1.94 bits per heavy atom. The number of pyridine rings is 1. The molecule has 0 saturated carbocycles. The van der Waals surface area contributed by atoms with Crippen LogP contribution in [0.1, 0.15) is 36.7 Å². The number of carbonyl (C=O) groups excluding carboxylic acids is 1. The second-order valence-corrected chi connectivity index (χ2v) is 10.8. The van der Waals surface area contributed by atoms with Gasteiger partial charge >= 0.3 is 0 Å². The molecule has 1 amide bonds. The molecule has 0 aliphatic carbocycles.